The predicted octanol–water partition coefficient (Wildman–Crippen LogP) is 1.42. The minimum atomic E-state index is -0.622. The third-order valence-corrected chi connectivity index (χ3v) is 3.29. The molecule has 0 spiro atoms. The molecule has 112 valence electrons. The summed E-state index contributed by atoms with van der Waals surface area (Å²) in [5.41, 5.74) is 1.17. The van der Waals surface area contributed by atoms with Crippen LogP contribution in [-0.2, 0) is 21.3 Å². The van der Waals surface area contributed by atoms with Gasteiger partial charge in [-0.15, -0.1) is 0 Å². The summed E-state index contributed by atoms with van der Waals surface area (Å²) in [5.74, 6) is 0.350. The number of nitrogens with one attached hydrogen (secondary N) is 1. The van der Waals surface area contributed by atoms with E-state index in [4.69, 9.17) is 13.9 Å². The van der Waals surface area contributed by atoms with Crippen LogP contribution in [0.25, 0.3) is 11.5 Å². The Labute approximate surface area is 121 Å². The molecular weight excluding hydrogens is 274 g/mol. The first-order valence-electron chi connectivity index (χ1n) is 6.77. The van der Waals surface area contributed by atoms with Gasteiger partial charge in [-0.3, -0.25) is 9.48 Å². The Morgan fingerprint density at radius 3 is 2.95 bits per heavy atom. The number of hydrogen-bond acceptors (Lipinski definition) is 5. The molecule has 1 aliphatic rings. The number of hydrogen-bond donors (Lipinski definition) is 1. The molecule has 0 aromatic carbocycles. The highest BCUT2D eigenvalue weighted by Crippen LogP contribution is 2.27. The van der Waals surface area contributed by atoms with Crippen molar-refractivity contribution in [3.8, 4) is 11.5 Å². The lowest BCUT2D eigenvalue weighted by molar-refractivity contribution is -0.157. The van der Waals surface area contributed by atoms with Crippen molar-refractivity contribution in [2.75, 3.05) is 18.5 Å². The standard InChI is InChI=1S/C14H17N3O4/c1-9-13(21-7-6-19-9)14(18)15-10-8-17(2)16-12(10)11-4-3-5-20-11/h3-5,8-9,13H,6-7H2,1-2H3,(H,15,18)/t9-,13-/m0/s1. The molecule has 2 aromatic rings. The summed E-state index contributed by atoms with van der Waals surface area (Å²) < 4.78 is 17.9. The largest absolute Gasteiger partial charge is 0.463 e. The smallest absolute Gasteiger partial charge is 0.256 e. The summed E-state index contributed by atoms with van der Waals surface area (Å²) in [6, 6.07) is 3.57. The fraction of sp³-hybridized carbons (Fsp3) is 0.429. The van der Waals surface area contributed by atoms with Crippen molar-refractivity contribution in [2.45, 2.75) is 19.1 Å². The Balaban J connectivity index is 1.80. The topological polar surface area (TPSA) is 78.5 Å². The summed E-state index contributed by atoms with van der Waals surface area (Å²) in [4.78, 5) is 12.3. The second-order valence-corrected chi connectivity index (χ2v) is 4.90. The van der Waals surface area contributed by atoms with Crippen LogP contribution in [0.5, 0.6) is 0 Å². The molecule has 1 N–H and O–H groups in total. The van der Waals surface area contributed by atoms with Crippen molar-refractivity contribution >= 4 is 11.6 Å². The van der Waals surface area contributed by atoms with Crippen molar-refractivity contribution in [1.29, 1.82) is 0 Å². The number of amides is 1. The van der Waals surface area contributed by atoms with Gasteiger partial charge in [0.2, 0.25) is 0 Å². The Kier molecular flexibility index (Phi) is 3.76. The number of carbonyl (C=O) groups excluding carboxylic acids is 1. The summed E-state index contributed by atoms with van der Waals surface area (Å²) in [7, 11) is 1.78. The molecule has 2 aromatic heterocycles. The van der Waals surface area contributed by atoms with Gasteiger partial charge < -0.3 is 19.2 Å². The monoisotopic (exact) mass is 291 g/mol. The van der Waals surface area contributed by atoms with Gasteiger partial charge in [-0.25, -0.2) is 0 Å². The van der Waals surface area contributed by atoms with Crippen LogP contribution < -0.4 is 5.32 Å². The van der Waals surface area contributed by atoms with E-state index in [1.54, 1.807) is 36.3 Å². The summed E-state index contributed by atoms with van der Waals surface area (Å²) in [6.45, 7) is 2.75. The molecule has 7 nitrogen and oxygen atoms in total. The zero-order valence-electron chi connectivity index (χ0n) is 11.9. The number of carbonyl (C=O) groups is 1. The summed E-state index contributed by atoms with van der Waals surface area (Å²) in [6.07, 6.45) is 2.39. The van der Waals surface area contributed by atoms with Gasteiger partial charge in [-0.2, -0.15) is 5.10 Å². The molecule has 7 heteroatoms. The number of anilines is 1. The lowest BCUT2D eigenvalue weighted by Gasteiger charge is -2.28. The van der Waals surface area contributed by atoms with E-state index in [0.717, 1.165) is 0 Å². The highest BCUT2D eigenvalue weighted by molar-refractivity contribution is 5.97. The van der Waals surface area contributed by atoms with Crippen LogP contribution in [0.15, 0.2) is 29.0 Å². The van der Waals surface area contributed by atoms with E-state index in [1.807, 2.05) is 6.92 Å². The van der Waals surface area contributed by atoms with Crippen LogP contribution in [0.3, 0.4) is 0 Å². The average Bonchev–Trinajstić information content (AvgIpc) is 3.08. The first kappa shape index (κ1) is 13.8. The number of nitrogens with zero attached hydrogens (tertiary/aromatic N) is 2. The van der Waals surface area contributed by atoms with E-state index < -0.39 is 6.10 Å². The maximum Gasteiger partial charge on any atom is 0.256 e. The lowest BCUT2D eigenvalue weighted by atomic mass is 10.2. The van der Waals surface area contributed by atoms with E-state index in [-0.39, 0.29) is 12.0 Å². The molecule has 0 unspecified atom stereocenters. The van der Waals surface area contributed by atoms with Crippen LogP contribution in [0.2, 0.25) is 0 Å². The molecule has 3 heterocycles. The van der Waals surface area contributed by atoms with E-state index >= 15 is 0 Å². The third kappa shape index (κ3) is 2.84. The van der Waals surface area contributed by atoms with E-state index in [9.17, 15) is 4.79 Å². The first-order chi connectivity index (χ1) is 10.1. The van der Waals surface area contributed by atoms with Crippen molar-refractivity contribution in [2.24, 2.45) is 7.05 Å². The molecule has 0 aliphatic carbocycles. The zero-order chi connectivity index (χ0) is 14.8. The number of furan rings is 1. The molecule has 0 saturated carbocycles. The van der Waals surface area contributed by atoms with Gasteiger partial charge in [0.1, 0.15) is 0 Å². The number of aromatic nitrogens is 2. The fourth-order valence-electron chi connectivity index (χ4n) is 2.30. The van der Waals surface area contributed by atoms with E-state index in [2.05, 4.69) is 10.4 Å². The number of ether oxygens (including phenoxy) is 2. The van der Waals surface area contributed by atoms with Crippen LogP contribution in [0.1, 0.15) is 6.92 Å². The molecule has 21 heavy (non-hydrogen) atoms. The molecule has 0 radical (unpaired) electrons. The van der Waals surface area contributed by atoms with Gasteiger partial charge in [0, 0.05) is 13.2 Å². The van der Waals surface area contributed by atoms with Gasteiger partial charge in [-0.05, 0) is 19.1 Å². The Hall–Kier alpha value is -2.12. The van der Waals surface area contributed by atoms with E-state index in [1.165, 1.54) is 0 Å². The minimum absolute atomic E-state index is 0.247. The maximum atomic E-state index is 12.3. The molecule has 1 fully saturated rings. The summed E-state index contributed by atoms with van der Waals surface area (Å²) in [5, 5.41) is 7.14. The van der Waals surface area contributed by atoms with Crippen LogP contribution in [-0.4, -0.2) is 41.1 Å². The average molecular weight is 291 g/mol. The molecule has 3 rings (SSSR count). The van der Waals surface area contributed by atoms with Crippen molar-refractivity contribution in [3.05, 3.63) is 24.6 Å². The SMILES string of the molecule is C[C@@H]1OCCO[C@@H]1C(=O)Nc1cn(C)nc1-c1ccco1. The Bertz CT molecular complexity index is 620. The molecule has 1 saturated heterocycles. The molecule has 1 amide bonds. The molecular formula is C14H17N3O4. The second kappa shape index (κ2) is 5.71. The van der Waals surface area contributed by atoms with Crippen LogP contribution in [0, 0.1) is 0 Å². The summed E-state index contributed by atoms with van der Waals surface area (Å²) >= 11 is 0. The quantitative estimate of drug-likeness (QED) is 0.925. The number of rotatable bonds is 3. The first-order valence-corrected chi connectivity index (χ1v) is 6.77. The maximum absolute atomic E-state index is 12.3. The highest BCUT2D eigenvalue weighted by atomic mass is 16.6. The fourth-order valence-corrected chi connectivity index (χ4v) is 2.30. The Morgan fingerprint density at radius 1 is 1.43 bits per heavy atom. The minimum Gasteiger partial charge on any atom is -0.463 e. The second-order valence-electron chi connectivity index (χ2n) is 4.90. The van der Waals surface area contributed by atoms with E-state index in [0.29, 0.717) is 30.4 Å². The van der Waals surface area contributed by atoms with Gasteiger partial charge in [0.15, 0.2) is 17.6 Å². The number of aryl methyl sites for hydroxylation is 1. The molecule has 2 atom stereocenters. The zero-order valence-corrected chi connectivity index (χ0v) is 11.9. The van der Waals surface area contributed by atoms with Crippen LogP contribution in [0.4, 0.5) is 5.69 Å². The van der Waals surface area contributed by atoms with Crippen molar-refractivity contribution < 1.29 is 18.7 Å². The third-order valence-electron chi connectivity index (χ3n) is 3.29. The van der Waals surface area contributed by atoms with Gasteiger partial charge in [0.05, 0.1) is 31.3 Å². The Morgan fingerprint density at radius 2 is 2.24 bits per heavy atom. The van der Waals surface area contributed by atoms with Crippen molar-refractivity contribution in [1.82, 2.24) is 9.78 Å². The predicted molar refractivity (Wildman–Crippen MR) is 74.7 cm³/mol. The van der Waals surface area contributed by atoms with Gasteiger partial charge in [0.25, 0.3) is 5.91 Å². The van der Waals surface area contributed by atoms with Crippen molar-refractivity contribution in [3.63, 3.8) is 0 Å². The van der Waals surface area contributed by atoms with Gasteiger partial charge in [-0.1, -0.05) is 0 Å². The van der Waals surface area contributed by atoms with Crippen LogP contribution >= 0.6 is 0 Å². The lowest BCUT2D eigenvalue weighted by Crippen LogP contribution is -2.44. The molecule has 0 bridgehead atoms. The van der Waals surface area contributed by atoms with Gasteiger partial charge >= 0.3 is 0 Å². The normalized spacial score (nSPS) is 22.2. The molecule has 1 aliphatic heterocycles. The highest BCUT2D eigenvalue weighted by Gasteiger charge is 2.30.